The van der Waals surface area contributed by atoms with Gasteiger partial charge < -0.3 is 53.1 Å². The predicted molar refractivity (Wildman–Crippen MR) is 210 cm³/mol. The van der Waals surface area contributed by atoms with E-state index in [0.29, 0.717) is 0 Å². The van der Waals surface area contributed by atoms with Gasteiger partial charge in [0.2, 0.25) is 0 Å². The first kappa shape index (κ1) is 44.9. The monoisotopic (exact) mass is 839 g/mol. The molecule has 6 rings (SSSR count). The van der Waals surface area contributed by atoms with E-state index in [1.54, 1.807) is 48.5 Å². The Kier molecular flexibility index (Phi) is 12.2. The van der Waals surface area contributed by atoms with Crippen LogP contribution in [0.15, 0.2) is 64.3 Å². The van der Waals surface area contributed by atoms with Gasteiger partial charge in [-0.05, 0) is 63.5 Å². The third-order valence-corrected chi connectivity index (χ3v) is 12.8. The molecular formula is C44H57NO15. The van der Waals surface area contributed by atoms with Gasteiger partial charge in [0, 0.05) is 45.1 Å². The number of aliphatic hydroxyl groups is 2. The zero-order valence-electron chi connectivity index (χ0n) is 35.8. The summed E-state index contributed by atoms with van der Waals surface area (Å²) in [5.41, 5.74) is -6.56. The van der Waals surface area contributed by atoms with Crippen LogP contribution in [0, 0.1) is 16.7 Å². The fraction of sp³-hybridized carbons (Fsp3) is 0.614. The van der Waals surface area contributed by atoms with E-state index in [4.69, 9.17) is 37.6 Å². The lowest BCUT2D eigenvalue weighted by atomic mass is 9.44. The number of hydrogen-bond donors (Lipinski definition) is 3. The molecule has 60 heavy (non-hydrogen) atoms. The van der Waals surface area contributed by atoms with Crippen molar-refractivity contribution in [3.8, 4) is 0 Å². The van der Waals surface area contributed by atoms with Crippen LogP contribution in [0.4, 0.5) is 4.79 Å². The molecule has 1 amide bonds. The number of alkyl carbamates (subject to hydrolysis) is 1. The fourth-order valence-electron chi connectivity index (χ4n) is 9.96. The molecule has 3 N–H and O–H groups in total. The average Bonchev–Trinajstić information content (AvgIpc) is 3.69. The number of aliphatic hydroxyl groups excluding tert-OH is 1. The number of carbonyl (C=O) groups excluding carboxylic acids is 5. The Morgan fingerprint density at radius 3 is 2.23 bits per heavy atom. The van der Waals surface area contributed by atoms with Gasteiger partial charge in [-0.15, -0.1) is 0 Å². The molecule has 2 unspecified atom stereocenters. The van der Waals surface area contributed by atoms with Crippen molar-refractivity contribution in [1.29, 1.82) is 0 Å². The zero-order valence-corrected chi connectivity index (χ0v) is 35.8. The highest BCUT2D eigenvalue weighted by Gasteiger charge is 2.78. The van der Waals surface area contributed by atoms with Crippen molar-refractivity contribution in [2.75, 3.05) is 13.7 Å². The number of methoxy groups -OCH3 is 1. The number of rotatable bonds is 11. The minimum absolute atomic E-state index is 0.0150. The third kappa shape index (κ3) is 7.76. The summed E-state index contributed by atoms with van der Waals surface area (Å²) >= 11 is 0. The molecule has 1 aliphatic heterocycles. The number of ether oxygens (including phenoxy) is 7. The van der Waals surface area contributed by atoms with E-state index >= 15 is 4.79 Å². The van der Waals surface area contributed by atoms with E-state index in [9.17, 15) is 29.4 Å². The van der Waals surface area contributed by atoms with Crippen LogP contribution in [0.5, 0.6) is 0 Å². The Morgan fingerprint density at radius 2 is 1.68 bits per heavy atom. The predicted octanol–water partition coefficient (Wildman–Crippen LogP) is 4.44. The minimum Gasteiger partial charge on any atom is -0.467 e. The highest BCUT2D eigenvalue weighted by Crippen LogP contribution is 2.65. The number of hydrogen-bond acceptors (Lipinski definition) is 15. The average molecular weight is 840 g/mol. The number of Topliss-reactive ketones (excluding diaryl/α,β-unsaturated/α-hetero) is 1. The topological polar surface area (TPSA) is 216 Å². The molecule has 0 spiro atoms. The number of fused-ring (bicyclic) bond motifs is 5. The van der Waals surface area contributed by atoms with Crippen molar-refractivity contribution >= 4 is 29.8 Å². The Labute approximate surface area is 349 Å². The lowest BCUT2D eigenvalue weighted by Gasteiger charge is -2.68. The maximum absolute atomic E-state index is 15.7. The summed E-state index contributed by atoms with van der Waals surface area (Å²) in [4.78, 5) is 68.8. The van der Waals surface area contributed by atoms with Crippen molar-refractivity contribution in [3.63, 3.8) is 0 Å². The Balaban J connectivity index is 1.53. The van der Waals surface area contributed by atoms with Crippen LogP contribution >= 0.6 is 0 Å². The Morgan fingerprint density at radius 1 is 1.00 bits per heavy atom. The summed E-state index contributed by atoms with van der Waals surface area (Å²) in [7, 11) is 1.44. The van der Waals surface area contributed by atoms with Crippen LogP contribution in [0.2, 0.25) is 0 Å². The van der Waals surface area contributed by atoms with E-state index in [-0.39, 0.29) is 43.0 Å². The second-order valence-corrected chi connectivity index (χ2v) is 18.0. The molecule has 3 aliphatic carbocycles. The van der Waals surface area contributed by atoms with Gasteiger partial charge in [0.05, 0.1) is 37.1 Å². The molecule has 3 fully saturated rings. The maximum atomic E-state index is 15.7. The van der Waals surface area contributed by atoms with Gasteiger partial charge in [-0.1, -0.05) is 44.2 Å². The van der Waals surface area contributed by atoms with Crippen molar-refractivity contribution in [2.24, 2.45) is 16.7 Å². The van der Waals surface area contributed by atoms with Gasteiger partial charge >= 0.3 is 24.0 Å². The summed E-state index contributed by atoms with van der Waals surface area (Å²) in [6, 6.07) is 10.6. The van der Waals surface area contributed by atoms with E-state index in [0.717, 1.165) is 12.5 Å². The number of ketones is 1. The van der Waals surface area contributed by atoms with Crippen molar-refractivity contribution in [3.05, 3.63) is 71.2 Å². The molecule has 328 valence electrons. The van der Waals surface area contributed by atoms with Crippen LogP contribution in [0.1, 0.15) is 92.5 Å². The molecule has 1 saturated heterocycles. The quantitative estimate of drug-likeness (QED) is 0.162. The smallest absolute Gasteiger partial charge is 0.408 e. The molecule has 0 radical (unpaired) electrons. The van der Waals surface area contributed by atoms with Gasteiger partial charge in [-0.3, -0.25) is 14.4 Å². The number of amides is 1. The molecule has 4 aliphatic rings. The summed E-state index contributed by atoms with van der Waals surface area (Å²) in [6.07, 6.45) is -8.08. The van der Waals surface area contributed by atoms with Crippen molar-refractivity contribution < 1.29 is 71.8 Å². The van der Waals surface area contributed by atoms with Crippen molar-refractivity contribution in [1.82, 2.24) is 5.32 Å². The number of esters is 3. The van der Waals surface area contributed by atoms with Crippen LogP contribution in [-0.4, -0.2) is 107 Å². The van der Waals surface area contributed by atoms with Crippen LogP contribution < -0.4 is 5.32 Å². The van der Waals surface area contributed by atoms with Gasteiger partial charge in [0.1, 0.15) is 35.2 Å². The van der Waals surface area contributed by atoms with E-state index in [1.165, 1.54) is 32.4 Å². The summed E-state index contributed by atoms with van der Waals surface area (Å²) in [5, 5.41) is 27.8. The SMILES string of the molecule is CO[C@H]1C[C@H]2OC[C@@]2(OC(C)=O)C2[C@H](OCc3ccccc3)[C@]3(O)CC(OC(=O)[C@H](O)[C@@H](NC(=O)OC(C)(C)C)c4ccco4)C(C)=C([C@@H](OC(C)=O)C(=O)[C@@]21C)C3(C)C. The fourth-order valence-corrected chi connectivity index (χ4v) is 9.96. The number of benzene rings is 1. The number of furan rings is 1. The normalized spacial score (nSPS) is 33.0. The summed E-state index contributed by atoms with van der Waals surface area (Å²) in [6.45, 7) is 13.7. The third-order valence-electron chi connectivity index (χ3n) is 12.8. The first-order chi connectivity index (χ1) is 28.0. The standard InChI is InChI=1S/C44H57NO15/c1-23-28(58-38(50)33(48)32(27-17-14-18-54-27)45-39(51)60-40(4,5)6)20-44(52)37(55-21-26-15-12-11-13-16-26)35-42(9,36(49)34(57-24(2)46)31(23)41(44,7)8)29(53-10)19-30-43(35,22-56-30)59-25(3)47/h11-18,28-30,32-35,37,48,52H,19-22H2,1-10H3,(H,45,51)/t28?,29-,30+,32-,33+,34+,35?,37-,42+,43-,44+/m0/s1. The molecule has 1 aromatic heterocycles. The van der Waals surface area contributed by atoms with Crippen LogP contribution in [0.25, 0.3) is 0 Å². The molecular weight excluding hydrogens is 782 g/mol. The second kappa shape index (κ2) is 16.3. The number of nitrogens with one attached hydrogen (secondary N) is 1. The molecule has 16 nitrogen and oxygen atoms in total. The number of carbonyl (C=O) groups is 5. The van der Waals surface area contributed by atoms with Gasteiger partial charge in [-0.2, -0.15) is 0 Å². The molecule has 11 atom stereocenters. The second-order valence-electron chi connectivity index (χ2n) is 18.0. The summed E-state index contributed by atoms with van der Waals surface area (Å²) in [5.74, 6) is -4.49. The molecule has 2 aromatic rings. The van der Waals surface area contributed by atoms with Gasteiger partial charge in [-0.25, -0.2) is 9.59 Å². The first-order valence-corrected chi connectivity index (χ1v) is 20.1. The van der Waals surface area contributed by atoms with Crippen LogP contribution in [-0.2, 0) is 58.9 Å². The van der Waals surface area contributed by atoms with Crippen molar-refractivity contribution in [2.45, 2.75) is 141 Å². The minimum atomic E-state index is -2.12. The Hall–Kier alpha value is -4.61. The molecule has 2 saturated carbocycles. The van der Waals surface area contributed by atoms with E-state index < -0.39 is 106 Å². The zero-order chi connectivity index (χ0) is 44.2. The highest BCUT2D eigenvalue weighted by molar-refractivity contribution is 5.95. The first-order valence-electron chi connectivity index (χ1n) is 20.1. The molecule has 16 heteroatoms. The largest absolute Gasteiger partial charge is 0.467 e. The Bertz CT molecular complexity index is 1990. The molecule has 2 bridgehead atoms. The molecule has 1 aromatic carbocycles. The van der Waals surface area contributed by atoms with Gasteiger partial charge in [0.15, 0.2) is 23.6 Å². The van der Waals surface area contributed by atoms with Crippen LogP contribution in [0.3, 0.4) is 0 Å². The van der Waals surface area contributed by atoms with E-state index in [1.807, 2.05) is 30.3 Å². The van der Waals surface area contributed by atoms with E-state index in [2.05, 4.69) is 5.32 Å². The summed E-state index contributed by atoms with van der Waals surface area (Å²) < 4.78 is 48.1. The lowest BCUT2D eigenvalue weighted by Crippen LogP contribution is -2.82. The molecule has 2 heterocycles. The maximum Gasteiger partial charge on any atom is 0.408 e. The highest BCUT2D eigenvalue weighted by atomic mass is 16.6. The van der Waals surface area contributed by atoms with Gasteiger partial charge in [0.25, 0.3) is 0 Å². The lowest BCUT2D eigenvalue weighted by molar-refractivity contribution is -0.353.